The van der Waals surface area contributed by atoms with E-state index in [2.05, 4.69) is 54.7 Å². The molecule has 0 aromatic carbocycles. The summed E-state index contributed by atoms with van der Waals surface area (Å²) in [5.41, 5.74) is 0.330. The first kappa shape index (κ1) is 16.9. The zero-order valence-electron chi connectivity index (χ0n) is 14.3. The zero-order valence-corrected chi connectivity index (χ0v) is 15.1. The second-order valence-electron chi connectivity index (χ2n) is 6.79. The minimum atomic E-state index is 0.330. The van der Waals surface area contributed by atoms with Gasteiger partial charge in [-0.1, -0.05) is 19.3 Å². The van der Waals surface area contributed by atoms with Crippen molar-refractivity contribution in [2.45, 2.75) is 37.6 Å². The van der Waals surface area contributed by atoms with Gasteiger partial charge in [-0.15, -0.1) is 0 Å². The highest BCUT2D eigenvalue weighted by Gasteiger charge is 2.38. The zero-order chi connectivity index (χ0) is 15.3. The highest BCUT2D eigenvalue weighted by atomic mass is 32.2. The fourth-order valence-electron chi connectivity index (χ4n) is 3.72. The maximum Gasteiger partial charge on any atom is 0.195 e. The molecule has 1 saturated carbocycles. The first-order valence-electron chi connectivity index (χ1n) is 8.27. The van der Waals surface area contributed by atoms with E-state index in [9.17, 15) is 0 Å². The third-order valence-electron chi connectivity index (χ3n) is 4.78. The molecule has 1 aliphatic heterocycles. The van der Waals surface area contributed by atoms with Crippen LogP contribution < -0.4 is 0 Å². The molecule has 0 atom stereocenters. The molecule has 21 heavy (non-hydrogen) atoms. The van der Waals surface area contributed by atoms with Crippen molar-refractivity contribution in [3.05, 3.63) is 0 Å². The average Bonchev–Trinajstić information content (AvgIpc) is 2.48. The van der Waals surface area contributed by atoms with Crippen LogP contribution in [0.1, 0.15) is 32.1 Å². The smallest absolute Gasteiger partial charge is 0.195 e. The standard InChI is InChI=1S/C16H32N4S/c1-18(2)15(19(3)4)17-14-16(8-6-5-7-9-16)20-10-12-21-13-11-20/h5-14H2,1-4H3. The molecule has 0 aromatic rings. The Labute approximate surface area is 134 Å². The maximum atomic E-state index is 5.01. The molecule has 0 bridgehead atoms. The van der Waals surface area contributed by atoms with Crippen molar-refractivity contribution in [3.8, 4) is 0 Å². The lowest BCUT2D eigenvalue weighted by Crippen LogP contribution is -2.55. The van der Waals surface area contributed by atoms with E-state index in [1.807, 2.05) is 0 Å². The molecular weight excluding hydrogens is 280 g/mol. The molecule has 1 aliphatic carbocycles. The summed E-state index contributed by atoms with van der Waals surface area (Å²) in [5.74, 6) is 3.67. The first-order chi connectivity index (χ1) is 10.1. The second-order valence-corrected chi connectivity index (χ2v) is 8.01. The van der Waals surface area contributed by atoms with Crippen LogP contribution in [0.2, 0.25) is 0 Å². The van der Waals surface area contributed by atoms with E-state index >= 15 is 0 Å². The van der Waals surface area contributed by atoms with Crippen molar-refractivity contribution in [2.24, 2.45) is 4.99 Å². The van der Waals surface area contributed by atoms with Crippen LogP contribution in [0.4, 0.5) is 0 Å². The van der Waals surface area contributed by atoms with Gasteiger partial charge in [0, 0.05) is 58.3 Å². The lowest BCUT2D eigenvalue weighted by molar-refractivity contribution is 0.0668. The predicted molar refractivity (Wildman–Crippen MR) is 94.4 cm³/mol. The Morgan fingerprint density at radius 3 is 2.10 bits per heavy atom. The molecule has 0 aromatic heterocycles. The molecule has 5 heteroatoms. The Morgan fingerprint density at radius 2 is 1.57 bits per heavy atom. The molecule has 122 valence electrons. The molecule has 2 rings (SSSR count). The number of nitrogens with zero attached hydrogens (tertiary/aromatic N) is 4. The van der Waals surface area contributed by atoms with Gasteiger partial charge in [0.25, 0.3) is 0 Å². The fourth-order valence-corrected chi connectivity index (χ4v) is 4.63. The van der Waals surface area contributed by atoms with Gasteiger partial charge in [-0.05, 0) is 12.8 Å². The Hall–Kier alpha value is -0.420. The van der Waals surface area contributed by atoms with Crippen LogP contribution >= 0.6 is 11.8 Å². The lowest BCUT2D eigenvalue weighted by atomic mass is 9.80. The van der Waals surface area contributed by atoms with E-state index in [-0.39, 0.29) is 0 Å². The quantitative estimate of drug-likeness (QED) is 0.588. The largest absolute Gasteiger partial charge is 0.349 e. The third-order valence-corrected chi connectivity index (χ3v) is 5.72. The van der Waals surface area contributed by atoms with Crippen LogP contribution in [0.5, 0.6) is 0 Å². The van der Waals surface area contributed by atoms with Crippen LogP contribution in [0, 0.1) is 0 Å². The number of rotatable bonds is 3. The number of guanidine groups is 1. The Morgan fingerprint density at radius 1 is 1.00 bits per heavy atom. The topological polar surface area (TPSA) is 22.1 Å². The van der Waals surface area contributed by atoms with Crippen LogP contribution in [-0.2, 0) is 0 Å². The van der Waals surface area contributed by atoms with Gasteiger partial charge in [0.1, 0.15) is 0 Å². The second kappa shape index (κ2) is 7.73. The van der Waals surface area contributed by atoms with Gasteiger partial charge in [0.2, 0.25) is 0 Å². The van der Waals surface area contributed by atoms with Gasteiger partial charge in [0.05, 0.1) is 6.54 Å². The van der Waals surface area contributed by atoms with Crippen LogP contribution in [0.3, 0.4) is 0 Å². The van der Waals surface area contributed by atoms with E-state index in [4.69, 9.17) is 4.99 Å². The fraction of sp³-hybridized carbons (Fsp3) is 0.938. The summed E-state index contributed by atoms with van der Waals surface area (Å²) in [4.78, 5) is 12.0. The first-order valence-corrected chi connectivity index (χ1v) is 9.42. The third kappa shape index (κ3) is 4.28. The minimum absolute atomic E-state index is 0.330. The SMILES string of the molecule is CN(C)C(=NCC1(N2CCSCC2)CCCCC1)N(C)C. The van der Waals surface area contributed by atoms with Crippen molar-refractivity contribution in [1.29, 1.82) is 0 Å². The number of thioether (sulfide) groups is 1. The van der Waals surface area contributed by atoms with Crippen molar-refractivity contribution < 1.29 is 0 Å². The molecule has 2 fully saturated rings. The average molecular weight is 313 g/mol. The van der Waals surface area contributed by atoms with Gasteiger partial charge >= 0.3 is 0 Å². The van der Waals surface area contributed by atoms with Crippen molar-refractivity contribution >= 4 is 17.7 Å². The highest BCUT2D eigenvalue weighted by molar-refractivity contribution is 7.99. The molecule has 0 spiro atoms. The van der Waals surface area contributed by atoms with E-state index in [0.29, 0.717) is 5.54 Å². The maximum absolute atomic E-state index is 5.01. The highest BCUT2D eigenvalue weighted by Crippen LogP contribution is 2.35. The van der Waals surface area contributed by atoms with E-state index in [1.54, 1.807) is 0 Å². The summed E-state index contributed by atoms with van der Waals surface area (Å²) < 4.78 is 0. The van der Waals surface area contributed by atoms with Crippen molar-refractivity contribution in [2.75, 3.05) is 59.3 Å². The van der Waals surface area contributed by atoms with Crippen molar-refractivity contribution in [1.82, 2.24) is 14.7 Å². The summed E-state index contributed by atoms with van der Waals surface area (Å²) in [6.45, 7) is 3.46. The lowest BCUT2D eigenvalue weighted by Gasteiger charge is -2.47. The summed E-state index contributed by atoms with van der Waals surface area (Å²) in [5, 5.41) is 0. The van der Waals surface area contributed by atoms with Crippen LogP contribution in [0.15, 0.2) is 4.99 Å². The van der Waals surface area contributed by atoms with E-state index in [1.165, 1.54) is 56.7 Å². The van der Waals surface area contributed by atoms with Crippen molar-refractivity contribution in [3.63, 3.8) is 0 Å². The number of hydrogen-bond acceptors (Lipinski definition) is 3. The molecule has 0 amide bonds. The Kier molecular flexibility index (Phi) is 6.23. The monoisotopic (exact) mass is 312 g/mol. The Balaban J connectivity index is 2.13. The van der Waals surface area contributed by atoms with Gasteiger partial charge in [-0.25, -0.2) is 0 Å². The summed E-state index contributed by atoms with van der Waals surface area (Å²) in [6.07, 6.45) is 6.81. The normalized spacial score (nSPS) is 22.7. The molecule has 0 N–H and O–H groups in total. The van der Waals surface area contributed by atoms with Gasteiger partial charge < -0.3 is 9.80 Å². The summed E-state index contributed by atoms with van der Waals surface area (Å²) in [7, 11) is 8.35. The molecule has 2 aliphatic rings. The van der Waals surface area contributed by atoms with Gasteiger partial charge in [-0.2, -0.15) is 11.8 Å². The van der Waals surface area contributed by atoms with Gasteiger partial charge in [0.15, 0.2) is 5.96 Å². The van der Waals surface area contributed by atoms with E-state index < -0.39 is 0 Å². The van der Waals surface area contributed by atoms with E-state index in [0.717, 1.165) is 12.5 Å². The summed E-state index contributed by atoms with van der Waals surface area (Å²) in [6, 6.07) is 0. The molecular formula is C16H32N4S. The minimum Gasteiger partial charge on any atom is -0.349 e. The molecule has 4 nitrogen and oxygen atoms in total. The van der Waals surface area contributed by atoms with Gasteiger partial charge in [-0.3, -0.25) is 9.89 Å². The van der Waals surface area contributed by atoms with Crippen LogP contribution in [0.25, 0.3) is 0 Å². The predicted octanol–water partition coefficient (Wildman–Crippen LogP) is 2.22. The number of aliphatic imine (C=N–C) groups is 1. The Bertz CT molecular complexity index is 332. The summed E-state index contributed by atoms with van der Waals surface area (Å²) >= 11 is 2.10. The molecule has 1 heterocycles. The molecule has 0 unspecified atom stereocenters. The molecule has 1 saturated heterocycles. The van der Waals surface area contributed by atoms with Crippen LogP contribution in [-0.4, -0.2) is 85.5 Å². The molecule has 0 radical (unpaired) electrons. The number of hydrogen-bond donors (Lipinski definition) is 0.